The normalized spacial score (nSPS) is 10.4. The third kappa shape index (κ3) is 1.85. The zero-order chi connectivity index (χ0) is 12.4. The maximum atomic E-state index is 8.94. The predicted octanol–water partition coefficient (Wildman–Crippen LogP) is 2.96. The maximum absolute atomic E-state index is 8.94. The lowest BCUT2D eigenvalue weighted by atomic mass is 10.2. The summed E-state index contributed by atoms with van der Waals surface area (Å²) in [6, 6.07) is 17.9. The SMILES string of the molecule is N#Cc1ccc2ncn(Cc3ccccc3)c2c1. The molecule has 0 saturated heterocycles. The molecule has 0 unspecified atom stereocenters. The number of aromatic nitrogens is 2. The zero-order valence-corrected chi connectivity index (χ0v) is 9.74. The second-order valence-electron chi connectivity index (χ2n) is 4.17. The van der Waals surface area contributed by atoms with Crippen LogP contribution >= 0.6 is 0 Å². The summed E-state index contributed by atoms with van der Waals surface area (Å²) in [6.45, 7) is 0.770. The van der Waals surface area contributed by atoms with Gasteiger partial charge in [-0.05, 0) is 23.8 Å². The number of hydrogen-bond acceptors (Lipinski definition) is 2. The Morgan fingerprint density at radius 1 is 1.11 bits per heavy atom. The highest BCUT2D eigenvalue weighted by Gasteiger charge is 2.04. The van der Waals surface area contributed by atoms with Gasteiger partial charge in [0.2, 0.25) is 0 Å². The summed E-state index contributed by atoms with van der Waals surface area (Å²) >= 11 is 0. The van der Waals surface area contributed by atoms with Crippen molar-refractivity contribution >= 4 is 11.0 Å². The van der Waals surface area contributed by atoms with Crippen molar-refractivity contribution in [2.75, 3.05) is 0 Å². The molecule has 0 aliphatic rings. The van der Waals surface area contributed by atoms with E-state index in [9.17, 15) is 0 Å². The molecule has 0 fully saturated rings. The Bertz CT molecular complexity index is 720. The van der Waals surface area contributed by atoms with Crippen LogP contribution in [0.25, 0.3) is 11.0 Å². The molecule has 0 atom stereocenters. The van der Waals surface area contributed by atoms with Crippen LogP contribution < -0.4 is 0 Å². The monoisotopic (exact) mass is 233 g/mol. The Balaban J connectivity index is 2.05. The van der Waals surface area contributed by atoms with Gasteiger partial charge in [0.15, 0.2) is 0 Å². The first-order valence-corrected chi connectivity index (χ1v) is 5.76. The van der Waals surface area contributed by atoms with Crippen LogP contribution in [0.15, 0.2) is 54.9 Å². The van der Waals surface area contributed by atoms with E-state index in [1.165, 1.54) is 5.56 Å². The Kier molecular flexibility index (Phi) is 2.54. The molecule has 1 aromatic heterocycles. The molecule has 2 aromatic carbocycles. The number of hydrogen-bond donors (Lipinski definition) is 0. The van der Waals surface area contributed by atoms with Gasteiger partial charge in [0.1, 0.15) is 0 Å². The van der Waals surface area contributed by atoms with Gasteiger partial charge < -0.3 is 4.57 Å². The molecular formula is C15H11N3. The van der Waals surface area contributed by atoms with E-state index in [0.29, 0.717) is 5.56 Å². The standard InChI is InChI=1S/C15H11N3/c16-9-13-6-7-14-15(8-13)18(11-17-14)10-12-4-2-1-3-5-12/h1-8,11H,10H2. The number of fused-ring (bicyclic) bond motifs is 1. The lowest BCUT2D eigenvalue weighted by molar-refractivity contribution is 0.824. The van der Waals surface area contributed by atoms with E-state index in [2.05, 4.69) is 27.8 Å². The first-order chi connectivity index (χ1) is 8.86. The minimum Gasteiger partial charge on any atom is -0.326 e. The van der Waals surface area contributed by atoms with E-state index < -0.39 is 0 Å². The summed E-state index contributed by atoms with van der Waals surface area (Å²) in [7, 11) is 0. The molecule has 3 nitrogen and oxygen atoms in total. The molecule has 0 saturated carbocycles. The third-order valence-corrected chi connectivity index (χ3v) is 2.95. The predicted molar refractivity (Wildman–Crippen MR) is 70.0 cm³/mol. The van der Waals surface area contributed by atoms with Gasteiger partial charge >= 0.3 is 0 Å². The van der Waals surface area contributed by atoms with Gasteiger partial charge in [0.05, 0.1) is 29.0 Å². The van der Waals surface area contributed by atoms with Crippen molar-refractivity contribution < 1.29 is 0 Å². The molecule has 0 N–H and O–H groups in total. The molecule has 3 heteroatoms. The zero-order valence-electron chi connectivity index (χ0n) is 9.74. The highest BCUT2D eigenvalue weighted by Crippen LogP contribution is 2.16. The molecule has 3 rings (SSSR count). The molecular weight excluding hydrogens is 222 g/mol. The quantitative estimate of drug-likeness (QED) is 0.682. The molecule has 0 spiro atoms. The summed E-state index contributed by atoms with van der Waals surface area (Å²) in [5, 5.41) is 8.94. The Morgan fingerprint density at radius 2 is 1.94 bits per heavy atom. The van der Waals surface area contributed by atoms with Crippen LogP contribution in [-0.2, 0) is 6.54 Å². The van der Waals surface area contributed by atoms with E-state index >= 15 is 0 Å². The fourth-order valence-corrected chi connectivity index (χ4v) is 2.03. The number of nitriles is 1. The summed E-state index contributed by atoms with van der Waals surface area (Å²) < 4.78 is 2.06. The van der Waals surface area contributed by atoms with Crippen LogP contribution in [0.1, 0.15) is 11.1 Å². The van der Waals surface area contributed by atoms with Crippen LogP contribution in [0.3, 0.4) is 0 Å². The third-order valence-electron chi connectivity index (χ3n) is 2.95. The van der Waals surface area contributed by atoms with Crippen molar-refractivity contribution in [3.05, 3.63) is 66.0 Å². The summed E-state index contributed by atoms with van der Waals surface area (Å²) in [5.74, 6) is 0. The average molecular weight is 233 g/mol. The number of imidazole rings is 1. The van der Waals surface area contributed by atoms with E-state index in [1.54, 1.807) is 6.07 Å². The first kappa shape index (κ1) is 10.5. The van der Waals surface area contributed by atoms with Gasteiger partial charge in [0, 0.05) is 6.54 Å². The smallest absolute Gasteiger partial charge is 0.0992 e. The van der Waals surface area contributed by atoms with E-state index in [0.717, 1.165) is 17.6 Å². The summed E-state index contributed by atoms with van der Waals surface area (Å²) in [5.41, 5.74) is 3.80. The number of rotatable bonds is 2. The van der Waals surface area contributed by atoms with Gasteiger partial charge in [-0.2, -0.15) is 5.26 Å². The molecule has 0 aliphatic carbocycles. The molecule has 0 bridgehead atoms. The minimum atomic E-state index is 0.664. The molecule has 0 radical (unpaired) electrons. The maximum Gasteiger partial charge on any atom is 0.0992 e. The molecule has 0 amide bonds. The topological polar surface area (TPSA) is 41.6 Å². The average Bonchev–Trinajstić information content (AvgIpc) is 2.82. The van der Waals surface area contributed by atoms with E-state index in [4.69, 9.17) is 5.26 Å². The Morgan fingerprint density at radius 3 is 2.72 bits per heavy atom. The lowest BCUT2D eigenvalue weighted by Crippen LogP contribution is -1.97. The van der Waals surface area contributed by atoms with E-state index in [-0.39, 0.29) is 0 Å². The van der Waals surface area contributed by atoms with Crippen molar-refractivity contribution in [2.24, 2.45) is 0 Å². The first-order valence-electron chi connectivity index (χ1n) is 5.76. The van der Waals surface area contributed by atoms with Crippen LogP contribution in [0, 0.1) is 11.3 Å². The fourth-order valence-electron chi connectivity index (χ4n) is 2.03. The molecule has 0 aliphatic heterocycles. The molecule has 86 valence electrons. The van der Waals surface area contributed by atoms with Gasteiger partial charge in [-0.15, -0.1) is 0 Å². The highest BCUT2D eigenvalue weighted by molar-refractivity contribution is 5.77. The van der Waals surface area contributed by atoms with Crippen molar-refractivity contribution in [3.8, 4) is 6.07 Å². The summed E-state index contributed by atoms with van der Waals surface area (Å²) in [4.78, 5) is 4.34. The highest BCUT2D eigenvalue weighted by atomic mass is 15.0. The van der Waals surface area contributed by atoms with Crippen molar-refractivity contribution in [3.63, 3.8) is 0 Å². The van der Waals surface area contributed by atoms with Gasteiger partial charge in [-0.3, -0.25) is 0 Å². The van der Waals surface area contributed by atoms with E-state index in [1.807, 2.05) is 36.7 Å². The van der Waals surface area contributed by atoms with Crippen LogP contribution in [0.4, 0.5) is 0 Å². The van der Waals surface area contributed by atoms with Crippen molar-refractivity contribution in [2.45, 2.75) is 6.54 Å². The van der Waals surface area contributed by atoms with Crippen LogP contribution in [0.5, 0.6) is 0 Å². The van der Waals surface area contributed by atoms with Gasteiger partial charge in [-0.25, -0.2) is 4.98 Å². The van der Waals surface area contributed by atoms with Crippen molar-refractivity contribution in [1.29, 1.82) is 5.26 Å². The van der Waals surface area contributed by atoms with Crippen molar-refractivity contribution in [1.82, 2.24) is 9.55 Å². The van der Waals surface area contributed by atoms with Gasteiger partial charge in [-0.1, -0.05) is 30.3 Å². The van der Waals surface area contributed by atoms with Crippen LogP contribution in [-0.4, -0.2) is 9.55 Å². The fraction of sp³-hybridized carbons (Fsp3) is 0.0667. The summed E-state index contributed by atoms with van der Waals surface area (Å²) in [6.07, 6.45) is 1.82. The molecule has 18 heavy (non-hydrogen) atoms. The minimum absolute atomic E-state index is 0.664. The van der Waals surface area contributed by atoms with Crippen LogP contribution in [0.2, 0.25) is 0 Å². The Hall–Kier alpha value is -2.60. The number of benzene rings is 2. The largest absolute Gasteiger partial charge is 0.326 e. The lowest BCUT2D eigenvalue weighted by Gasteiger charge is -2.04. The number of nitrogens with zero attached hydrogens (tertiary/aromatic N) is 3. The second-order valence-corrected chi connectivity index (χ2v) is 4.17. The van der Waals surface area contributed by atoms with Gasteiger partial charge in [0.25, 0.3) is 0 Å². The molecule has 3 aromatic rings. The second kappa shape index (κ2) is 4.34. The Labute approximate surface area is 105 Å². The molecule has 1 heterocycles.